The number of aliphatic carboxylic acids is 1. The van der Waals surface area contributed by atoms with Crippen LogP contribution in [0.25, 0.3) is 0 Å². The highest BCUT2D eigenvalue weighted by Crippen LogP contribution is 2.19. The number of carboxylic acids is 1. The molecule has 2 N–H and O–H groups in total. The van der Waals surface area contributed by atoms with Crippen LogP contribution in [0, 0.1) is 0 Å². The molecule has 1 atom stereocenters. The Morgan fingerprint density at radius 1 is 1.53 bits per heavy atom. The van der Waals surface area contributed by atoms with Gasteiger partial charge in [-0.25, -0.2) is 0 Å². The van der Waals surface area contributed by atoms with E-state index in [1.165, 1.54) is 12.8 Å². The molecule has 0 aromatic rings. The number of carbonyl (C=O) groups is 1. The summed E-state index contributed by atoms with van der Waals surface area (Å²) < 4.78 is 0. The van der Waals surface area contributed by atoms with E-state index in [1.54, 1.807) is 0 Å². The maximum Gasteiger partial charge on any atom is 0.320 e. The molecule has 0 aromatic heterocycles. The molecule has 0 aromatic carbocycles. The van der Waals surface area contributed by atoms with E-state index in [0.29, 0.717) is 6.04 Å². The minimum absolute atomic E-state index is 0.341. The van der Waals surface area contributed by atoms with Crippen molar-refractivity contribution in [2.24, 2.45) is 0 Å². The Balaban J connectivity index is 2.26. The summed E-state index contributed by atoms with van der Waals surface area (Å²) in [4.78, 5) is 11.0. The Kier molecular flexibility index (Phi) is 6.10. The topological polar surface area (TPSA) is 49.3 Å². The Labute approximate surface area is 96.0 Å². The van der Waals surface area contributed by atoms with Crippen molar-refractivity contribution in [1.82, 2.24) is 5.32 Å². The van der Waals surface area contributed by atoms with Crippen LogP contribution in [0.4, 0.5) is 0 Å². The molecule has 1 unspecified atom stereocenters. The number of nitrogens with one attached hydrogen (secondary N) is 1. The molecule has 88 valence electrons. The van der Waals surface area contributed by atoms with Crippen LogP contribution in [0.2, 0.25) is 0 Å². The van der Waals surface area contributed by atoms with E-state index in [0.717, 1.165) is 30.8 Å². The molecule has 1 saturated carbocycles. The summed E-state index contributed by atoms with van der Waals surface area (Å²) in [5.74, 6) is 1.31. The predicted octanol–water partition coefficient (Wildman–Crippen LogP) is 2.11. The molecule has 1 fully saturated rings. The first-order valence-corrected chi connectivity index (χ1v) is 6.96. The highest BCUT2D eigenvalue weighted by molar-refractivity contribution is 7.99. The molecule has 0 radical (unpaired) electrons. The molecule has 1 aliphatic rings. The number of hydrogen-bond acceptors (Lipinski definition) is 3. The maximum atomic E-state index is 11.0. The summed E-state index contributed by atoms with van der Waals surface area (Å²) in [6, 6.07) is 0.102. The summed E-state index contributed by atoms with van der Waals surface area (Å²) in [5.41, 5.74) is 0. The van der Waals surface area contributed by atoms with Crippen LogP contribution in [0.15, 0.2) is 0 Å². The van der Waals surface area contributed by atoms with Crippen molar-refractivity contribution in [3.05, 3.63) is 0 Å². The molecule has 3 nitrogen and oxygen atoms in total. The van der Waals surface area contributed by atoms with Gasteiger partial charge in [0, 0.05) is 6.04 Å². The lowest BCUT2D eigenvalue weighted by Crippen LogP contribution is -2.42. The van der Waals surface area contributed by atoms with E-state index in [4.69, 9.17) is 5.11 Å². The van der Waals surface area contributed by atoms with Crippen LogP contribution >= 0.6 is 11.8 Å². The van der Waals surface area contributed by atoms with Gasteiger partial charge in [-0.3, -0.25) is 4.79 Å². The fourth-order valence-corrected chi connectivity index (χ4v) is 2.69. The van der Waals surface area contributed by atoms with Crippen molar-refractivity contribution in [3.8, 4) is 0 Å². The minimum Gasteiger partial charge on any atom is -0.480 e. The lowest BCUT2D eigenvalue weighted by atomic mass is 10.1. The average Bonchev–Trinajstić information content (AvgIpc) is 2.69. The molecule has 1 rings (SSSR count). The van der Waals surface area contributed by atoms with Gasteiger partial charge in [0.2, 0.25) is 0 Å². The first-order chi connectivity index (χ1) is 7.24. The van der Waals surface area contributed by atoms with Crippen molar-refractivity contribution in [3.63, 3.8) is 0 Å². The van der Waals surface area contributed by atoms with Gasteiger partial charge in [-0.05, 0) is 30.8 Å². The average molecular weight is 231 g/mol. The molecule has 0 aliphatic heterocycles. The Morgan fingerprint density at radius 3 is 2.73 bits per heavy atom. The largest absolute Gasteiger partial charge is 0.480 e. The normalized spacial score (nSPS) is 19.3. The van der Waals surface area contributed by atoms with Crippen LogP contribution < -0.4 is 5.32 Å². The van der Waals surface area contributed by atoms with Gasteiger partial charge in [0.15, 0.2) is 0 Å². The van der Waals surface area contributed by atoms with Gasteiger partial charge in [0.05, 0.1) is 0 Å². The number of carboxylic acid groups (broad SMARTS) is 1. The third-order valence-corrected chi connectivity index (χ3v) is 3.78. The molecule has 0 bridgehead atoms. The van der Waals surface area contributed by atoms with E-state index < -0.39 is 5.97 Å². The van der Waals surface area contributed by atoms with E-state index in [-0.39, 0.29) is 6.04 Å². The third kappa shape index (κ3) is 4.89. The quantitative estimate of drug-likeness (QED) is 0.659. The van der Waals surface area contributed by atoms with Crippen LogP contribution in [0.1, 0.15) is 39.0 Å². The lowest BCUT2D eigenvalue weighted by Gasteiger charge is -2.19. The Morgan fingerprint density at radius 2 is 2.20 bits per heavy atom. The Bertz CT molecular complexity index is 193. The lowest BCUT2D eigenvalue weighted by molar-refractivity contribution is -0.139. The SMILES string of the molecule is CCSCCC(NC1CCCC1)C(=O)O. The molecule has 1 aliphatic carbocycles. The second-order valence-electron chi connectivity index (χ2n) is 4.02. The van der Waals surface area contributed by atoms with Crippen LogP contribution in [0.5, 0.6) is 0 Å². The first kappa shape index (κ1) is 12.8. The van der Waals surface area contributed by atoms with E-state index in [2.05, 4.69) is 12.2 Å². The van der Waals surface area contributed by atoms with Gasteiger partial charge < -0.3 is 10.4 Å². The van der Waals surface area contributed by atoms with Gasteiger partial charge in [-0.15, -0.1) is 0 Å². The van der Waals surface area contributed by atoms with Crippen LogP contribution in [0.3, 0.4) is 0 Å². The molecule has 0 spiro atoms. The fraction of sp³-hybridized carbons (Fsp3) is 0.909. The van der Waals surface area contributed by atoms with E-state index in [9.17, 15) is 4.79 Å². The monoisotopic (exact) mass is 231 g/mol. The number of thioether (sulfide) groups is 1. The van der Waals surface area contributed by atoms with Gasteiger partial charge in [0.25, 0.3) is 0 Å². The summed E-state index contributed by atoms with van der Waals surface area (Å²) in [6.07, 6.45) is 5.52. The third-order valence-electron chi connectivity index (χ3n) is 2.85. The van der Waals surface area contributed by atoms with Gasteiger partial charge in [-0.1, -0.05) is 19.8 Å². The molecule has 4 heteroatoms. The smallest absolute Gasteiger partial charge is 0.320 e. The van der Waals surface area contributed by atoms with Crippen molar-refractivity contribution in [2.45, 2.75) is 51.1 Å². The molecule has 0 amide bonds. The zero-order valence-electron chi connectivity index (χ0n) is 9.37. The van der Waals surface area contributed by atoms with Crippen molar-refractivity contribution in [1.29, 1.82) is 0 Å². The first-order valence-electron chi connectivity index (χ1n) is 5.80. The van der Waals surface area contributed by atoms with Crippen molar-refractivity contribution < 1.29 is 9.90 Å². The standard InChI is InChI=1S/C11H21NO2S/c1-2-15-8-7-10(11(13)14)12-9-5-3-4-6-9/h9-10,12H,2-8H2,1H3,(H,13,14). The zero-order chi connectivity index (χ0) is 11.1. The van der Waals surface area contributed by atoms with Crippen molar-refractivity contribution >= 4 is 17.7 Å². The second kappa shape index (κ2) is 7.12. The maximum absolute atomic E-state index is 11.0. The van der Waals surface area contributed by atoms with Crippen LogP contribution in [-0.2, 0) is 4.79 Å². The second-order valence-corrected chi connectivity index (χ2v) is 5.42. The van der Waals surface area contributed by atoms with Gasteiger partial charge >= 0.3 is 5.97 Å². The summed E-state index contributed by atoms with van der Waals surface area (Å²) >= 11 is 1.81. The number of hydrogen-bond donors (Lipinski definition) is 2. The summed E-state index contributed by atoms with van der Waals surface area (Å²) in [6.45, 7) is 2.10. The van der Waals surface area contributed by atoms with E-state index >= 15 is 0 Å². The number of rotatable bonds is 7. The molecule has 0 saturated heterocycles. The fourth-order valence-electron chi connectivity index (χ4n) is 2.00. The minimum atomic E-state index is -0.696. The molecule has 15 heavy (non-hydrogen) atoms. The summed E-state index contributed by atoms with van der Waals surface area (Å²) in [5, 5.41) is 12.3. The highest BCUT2D eigenvalue weighted by Gasteiger charge is 2.23. The molecule has 0 heterocycles. The zero-order valence-corrected chi connectivity index (χ0v) is 10.2. The van der Waals surface area contributed by atoms with Crippen LogP contribution in [-0.4, -0.2) is 34.7 Å². The van der Waals surface area contributed by atoms with Gasteiger partial charge in [0.1, 0.15) is 6.04 Å². The highest BCUT2D eigenvalue weighted by atomic mass is 32.2. The van der Waals surface area contributed by atoms with Crippen molar-refractivity contribution in [2.75, 3.05) is 11.5 Å². The molecular weight excluding hydrogens is 210 g/mol. The predicted molar refractivity (Wildman–Crippen MR) is 64.4 cm³/mol. The molecular formula is C11H21NO2S. The summed E-state index contributed by atoms with van der Waals surface area (Å²) in [7, 11) is 0. The Hall–Kier alpha value is -0.220. The van der Waals surface area contributed by atoms with Gasteiger partial charge in [-0.2, -0.15) is 11.8 Å². The van der Waals surface area contributed by atoms with E-state index in [1.807, 2.05) is 11.8 Å².